The van der Waals surface area contributed by atoms with E-state index in [0.29, 0.717) is 38.8 Å². The average Bonchev–Trinajstić information content (AvgIpc) is 2.91. The van der Waals surface area contributed by atoms with Crippen molar-refractivity contribution in [3.63, 3.8) is 0 Å². The number of hydrogen-bond acceptors (Lipinski definition) is 6. The van der Waals surface area contributed by atoms with E-state index in [9.17, 15) is 9.59 Å². The van der Waals surface area contributed by atoms with Gasteiger partial charge in [0.15, 0.2) is 11.5 Å². The fourth-order valence-corrected chi connectivity index (χ4v) is 4.37. The van der Waals surface area contributed by atoms with Crippen LogP contribution >= 0.6 is 27.5 Å². The van der Waals surface area contributed by atoms with Gasteiger partial charge in [-0.2, -0.15) is 9.78 Å². The highest BCUT2D eigenvalue weighted by molar-refractivity contribution is 9.10. The number of nitrogens with zero attached hydrogens (tertiary/aromatic N) is 3. The summed E-state index contributed by atoms with van der Waals surface area (Å²) < 4.78 is 13.6. The highest BCUT2D eigenvalue weighted by atomic mass is 79.9. The summed E-state index contributed by atoms with van der Waals surface area (Å²) in [5, 5.41) is 14.5. The van der Waals surface area contributed by atoms with E-state index in [1.54, 1.807) is 36.4 Å². The molecule has 0 bridgehead atoms. The molecule has 196 valence electrons. The number of halogens is 2. The normalized spacial score (nSPS) is 12.1. The van der Waals surface area contributed by atoms with Gasteiger partial charge in [0.25, 0.3) is 5.56 Å². The number of ether oxygens (including phenoxy) is 2. The molecule has 0 aliphatic heterocycles. The lowest BCUT2D eigenvalue weighted by Crippen LogP contribution is -2.23. The van der Waals surface area contributed by atoms with Gasteiger partial charge < -0.3 is 14.6 Å². The van der Waals surface area contributed by atoms with Crippen LogP contribution in [-0.4, -0.2) is 34.1 Å². The predicted octanol–water partition coefficient (Wildman–Crippen LogP) is 6.49. The molecule has 0 aliphatic rings. The minimum absolute atomic E-state index is 0.0220. The Bertz CT molecular complexity index is 1580. The molecule has 1 atom stereocenters. The van der Waals surface area contributed by atoms with Gasteiger partial charge in [0.1, 0.15) is 12.4 Å². The highest BCUT2D eigenvalue weighted by Crippen LogP contribution is 2.34. The first-order chi connectivity index (χ1) is 18.2. The van der Waals surface area contributed by atoms with E-state index in [0.717, 1.165) is 16.5 Å². The SMILES string of the molecule is CC[C@H](C)c1nc2ccc(Br)cc2c(=O)n1N=Cc1cc(Cl)cc(OC)c1OCc1ccc(C(=O)O)cc1. The third kappa shape index (κ3) is 5.89. The maximum atomic E-state index is 13.5. The summed E-state index contributed by atoms with van der Waals surface area (Å²) in [7, 11) is 1.50. The molecule has 0 saturated carbocycles. The molecule has 1 heterocycles. The lowest BCUT2D eigenvalue weighted by Gasteiger charge is -2.16. The quantitative estimate of drug-likeness (QED) is 0.221. The molecular formula is C28H25BrClN3O5. The van der Waals surface area contributed by atoms with Gasteiger partial charge in [-0.05, 0) is 48.4 Å². The Morgan fingerprint density at radius 3 is 2.61 bits per heavy atom. The van der Waals surface area contributed by atoms with Crippen molar-refractivity contribution in [2.75, 3.05) is 7.11 Å². The Hall–Kier alpha value is -3.69. The first-order valence-corrected chi connectivity index (χ1v) is 13.0. The molecule has 0 aliphatic carbocycles. The standard InChI is InChI=1S/C28H25BrClN3O5/c1-4-16(2)26-32-23-10-9-20(29)12-22(23)27(34)33(26)31-14-19-11-21(30)13-24(37-3)25(19)38-15-17-5-7-18(8-6-17)28(35)36/h5-14,16H,4,15H2,1-3H3,(H,35,36)/t16-/m0/s1. The molecule has 0 fully saturated rings. The molecule has 0 saturated heterocycles. The summed E-state index contributed by atoms with van der Waals surface area (Å²) in [6, 6.07) is 15.0. The van der Waals surface area contributed by atoms with Gasteiger partial charge in [0, 0.05) is 27.0 Å². The third-order valence-corrected chi connectivity index (χ3v) is 6.76. The summed E-state index contributed by atoms with van der Waals surface area (Å²) in [5.41, 5.74) is 1.74. The van der Waals surface area contributed by atoms with Crippen LogP contribution in [0.3, 0.4) is 0 Å². The van der Waals surface area contributed by atoms with E-state index in [-0.39, 0.29) is 23.6 Å². The minimum atomic E-state index is -1.00. The lowest BCUT2D eigenvalue weighted by atomic mass is 10.1. The number of carbonyl (C=O) groups is 1. The van der Waals surface area contributed by atoms with Crippen LogP contribution in [0, 0.1) is 0 Å². The predicted molar refractivity (Wildman–Crippen MR) is 151 cm³/mol. The van der Waals surface area contributed by atoms with Gasteiger partial charge in [0.2, 0.25) is 0 Å². The molecule has 4 aromatic rings. The zero-order chi connectivity index (χ0) is 27.4. The number of carboxylic acids is 1. The van der Waals surface area contributed by atoms with Crippen molar-refractivity contribution < 1.29 is 19.4 Å². The molecule has 0 unspecified atom stereocenters. The average molecular weight is 599 g/mol. The molecule has 10 heteroatoms. The topological polar surface area (TPSA) is 103 Å². The fourth-order valence-electron chi connectivity index (χ4n) is 3.79. The van der Waals surface area contributed by atoms with Crippen LogP contribution in [0.15, 0.2) is 69.0 Å². The summed E-state index contributed by atoms with van der Waals surface area (Å²) >= 11 is 9.76. The van der Waals surface area contributed by atoms with Gasteiger partial charge in [-0.3, -0.25) is 4.79 Å². The number of benzene rings is 3. The summed E-state index contributed by atoms with van der Waals surface area (Å²) in [4.78, 5) is 29.3. The Balaban J connectivity index is 1.76. The van der Waals surface area contributed by atoms with Crippen molar-refractivity contribution in [1.82, 2.24) is 9.66 Å². The Morgan fingerprint density at radius 2 is 1.95 bits per heavy atom. The molecule has 1 aromatic heterocycles. The van der Waals surface area contributed by atoms with Gasteiger partial charge in [-0.1, -0.05) is 53.5 Å². The highest BCUT2D eigenvalue weighted by Gasteiger charge is 2.17. The second kappa shape index (κ2) is 11.8. The summed E-state index contributed by atoms with van der Waals surface area (Å²) in [6.45, 7) is 4.15. The van der Waals surface area contributed by atoms with E-state index in [1.165, 1.54) is 30.1 Å². The Labute approximate surface area is 232 Å². The van der Waals surface area contributed by atoms with Gasteiger partial charge in [-0.15, -0.1) is 0 Å². The van der Waals surface area contributed by atoms with Crippen molar-refractivity contribution in [2.45, 2.75) is 32.8 Å². The molecular weight excluding hydrogens is 574 g/mol. The monoisotopic (exact) mass is 597 g/mol. The largest absolute Gasteiger partial charge is 0.493 e. The number of fused-ring (bicyclic) bond motifs is 1. The van der Waals surface area contributed by atoms with Crippen LogP contribution in [0.1, 0.15) is 53.5 Å². The fraction of sp³-hybridized carbons (Fsp3) is 0.214. The van der Waals surface area contributed by atoms with Crippen LogP contribution < -0.4 is 15.0 Å². The maximum absolute atomic E-state index is 13.5. The molecule has 38 heavy (non-hydrogen) atoms. The number of rotatable bonds is 9. The van der Waals surface area contributed by atoms with E-state index < -0.39 is 5.97 Å². The zero-order valence-corrected chi connectivity index (χ0v) is 23.3. The van der Waals surface area contributed by atoms with Crippen LogP contribution in [-0.2, 0) is 6.61 Å². The third-order valence-electron chi connectivity index (χ3n) is 6.05. The van der Waals surface area contributed by atoms with Crippen molar-refractivity contribution in [1.29, 1.82) is 0 Å². The van der Waals surface area contributed by atoms with Gasteiger partial charge in [0.05, 0.1) is 29.8 Å². The molecule has 0 radical (unpaired) electrons. The number of carboxylic acid groups (broad SMARTS) is 1. The number of aromatic nitrogens is 2. The van der Waals surface area contributed by atoms with Gasteiger partial charge >= 0.3 is 5.97 Å². The molecule has 8 nitrogen and oxygen atoms in total. The van der Waals surface area contributed by atoms with Crippen LogP contribution in [0.25, 0.3) is 10.9 Å². The molecule has 0 spiro atoms. The van der Waals surface area contributed by atoms with Crippen molar-refractivity contribution in [2.24, 2.45) is 5.10 Å². The van der Waals surface area contributed by atoms with E-state index in [1.807, 2.05) is 19.9 Å². The molecule has 4 rings (SSSR count). The summed E-state index contributed by atoms with van der Waals surface area (Å²) in [6.07, 6.45) is 2.26. The smallest absolute Gasteiger partial charge is 0.335 e. The second-order valence-corrected chi connectivity index (χ2v) is 9.97. The van der Waals surface area contributed by atoms with Crippen molar-refractivity contribution >= 4 is 50.6 Å². The minimum Gasteiger partial charge on any atom is -0.493 e. The van der Waals surface area contributed by atoms with Crippen molar-refractivity contribution in [3.05, 3.63) is 97.0 Å². The summed E-state index contributed by atoms with van der Waals surface area (Å²) in [5.74, 6) is 0.275. The number of methoxy groups -OCH3 is 1. The lowest BCUT2D eigenvalue weighted by molar-refractivity contribution is 0.0697. The van der Waals surface area contributed by atoms with E-state index in [2.05, 4.69) is 21.0 Å². The van der Waals surface area contributed by atoms with E-state index in [4.69, 9.17) is 31.2 Å². The molecule has 0 amide bonds. The van der Waals surface area contributed by atoms with Crippen LogP contribution in [0.4, 0.5) is 0 Å². The second-order valence-electron chi connectivity index (χ2n) is 8.62. The maximum Gasteiger partial charge on any atom is 0.335 e. The van der Waals surface area contributed by atoms with Crippen LogP contribution in [0.5, 0.6) is 11.5 Å². The first-order valence-electron chi connectivity index (χ1n) is 11.8. The Kier molecular flexibility index (Phi) is 8.48. The Morgan fingerprint density at radius 1 is 1.21 bits per heavy atom. The van der Waals surface area contributed by atoms with E-state index >= 15 is 0 Å². The first kappa shape index (κ1) is 27.3. The molecule has 3 aromatic carbocycles. The van der Waals surface area contributed by atoms with Crippen molar-refractivity contribution in [3.8, 4) is 11.5 Å². The van der Waals surface area contributed by atoms with Crippen LogP contribution in [0.2, 0.25) is 5.02 Å². The van der Waals surface area contributed by atoms with Gasteiger partial charge in [-0.25, -0.2) is 9.78 Å². The number of hydrogen-bond donors (Lipinski definition) is 1. The molecule has 1 N–H and O–H groups in total. The number of aromatic carboxylic acids is 1. The zero-order valence-electron chi connectivity index (χ0n) is 20.9.